The van der Waals surface area contributed by atoms with E-state index in [1.165, 1.54) is 4.88 Å². The third-order valence-electron chi connectivity index (χ3n) is 3.48. The largest absolute Gasteiger partial charge is 0.355 e. The second-order valence-electron chi connectivity index (χ2n) is 5.37. The molecule has 1 amide bonds. The summed E-state index contributed by atoms with van der Waals surface area (Å²) >= 11 is 8.60. The van der Waals surface area contributed by atoms with Gasteiger partial charge in [-0.05, 0) is 43.3 Å². The van der Waals surface area contributed by atoms with Crippen LogP contribution < -0.4 is 5.32 Å². The summed E-state index contributed by atoms with van der Waals surface area (Å²) in [6.07, 6.45) is 0. The Kier molecular flexibility index (Phi) is 4.54. The number of nitrogens with zero attached hydrogens (tertiary/aromatic N) is 3. The standard InChI is InChI=1S/C17H11ClN4O2S2/c1-9-2-7-14(25-9)15-19-17(26-22-15)20-16(23)12-8-13(24-21-12)10-3-5-11(18)6-4-10/h2-8H,1H3,(H,19,20,22,23). The van der Waals surface area contributed by atoms with Crippen molar-refractivity contribution in [2.75, 3.05) is 5.32 Å². The summed E-state index contributed by atoms with van der Waals surface area (Å²) in [4.78, 5) is 18.8. The van der Waals surface area contributed by atoms with Gasteiger partial charge in [-0.3, -0.25) is 10.1 Å². The molecular weight excluding hydrogens is 392 g/mol. The van der Waals surface area contributed by atoms with E-state index in [0.717, 1.165) is 22.0 Å². The lowest BCUT2D eigenvalue weighted by Crippen LogP contribution is -2.11. The predicted octanol–water partition coefficient (Wildman–Crippen LogP) is 5.14. The van der Waals surface area contributed by atoms with Gasteiger partial charge in [-0.2, -0.15) is 9.36 Å². The Morgan fingerprint density at radius 3 is 2.73 bits per heavy atom. The Morgan fingerprint density at radius 2 is 2.00 bits per heavy atom. The van der Waals surface area contributed by atoms with E-state index in [4.69, 9.17) is 16.1 Å². The number of thiophene rings is 1. The van der Waals surface area contributed by atoms with Crippen LogP contribution in [0.1, 0.15) is 15.4 Å². The molecule has 26 heavy (non-hydrogen) atoms. The molecule has 0 unspecified atom stereocenters. The van der Waals surface area contributed by atoms with Gasteiger partial charge in [0, 0.05) is 33.1 Å². The molecule has 0 radical (unpaired) electrons. The molecule has 1 N–H and O–H groups in total. The Morgan fingerprint density at radius 1 is 1.19 bits per heavy atom. The Hall–Kier alpha value is -2.55. The topological polar surface area (TPSA) is 80.9 Å². The van der Waals surface area contributed by atoms with E-state index in [9.17, 15) is 4.79 Å². The van der Waals surface area contributed by atoms with Crippen molar-refractivity contribution in [2.45, 2.75) is 6.92 Å². The molecule has 6 nitrogen and oxygen atoms in total. The van der Waals surface area contributed by atoms with E-state index in [2.05, 4.69) is 19.8 Å². The van der Waals surface area contributed by atoms with Gasteiger partial charge in [-0.25, -0.2) is 0 Å². The first-order valence-corrected chi connectivity index (χ1v) is 9.50. The highest BCUT2D eigenvalue weighted by molar-refractivity contribution is 7.15. The number of amides is 1. The van der Waals surface area contributed by atoms with Crippen LogP contribution in [0, 0.1) is 6.92 Å². The number of halogens is 1. The minimum Gasteiger partial charge on any atom is -0.355 e. The van der Waals surface area contributed by atoms with Crippen LogP contribution in [0.3, 0.4) is 0 Å². The van der Waals surface area contributed by atoms with Crippen LogP contribution in [0.25, 0.3) is 22.0 Å². The lowest BCUT2D eigenvalue weighted by Gasteiger charge is -1.95. The van der Waals surface area contributed by atoms with E-state index in [-0.39, 0.29) is 5.69 Å². The van der Waals surface area contributed by atoms with E-state index in [0.29, 0.717) is 21.7 Å². The van der Waals surface area contributed by atoms with Crippen molar-refractivity contribution in [3.05, 3.63) is 58.1 Å². The van der Waals surface area contributed by atoms with E-state index in [1.807, 2.05) is 19.1 Å². The average molecular weight is 403 g/mol. The van der Waals surface area contributed by atoms with E-state index < -0.39 is 5.91 Å². The maximum atomic E-state index is 12.3. The van der Waals surface area contributed by atoms with Gasteiger partial charge in [0.2, 0.25) is 5.13 Å². The number of aryl methyl sites for hydroxylation is 1. The molecule has 130 valence electrons. The van der Waals surface area contributed by atoms with E-state index in [1.54, 1.807) is 41.7 Å². The van der Waals surface area contributed by atoms with Crippen molar-refractivity contribution >= 4 is 45.5 Å². The molecule has 0 atom stereocenters. The van der Waals surface area contributed by atoms with Gasteiger partial charge in [0.05, 0.1) is 4.88 Å². The lowest BCUT2D eigenvalue weighted by molar-refractivity contribution is 0.101. The summed E-state index contributed by atoms with van der Waals surface area (Å²) in [5, 5.41) is 7.55. The summed E-state index contributed by atoms with van der Waals surface area (Å²) in [5.74, 6) is 0.684. The van der Waals surface area contributed by atoms with Crippen LogP contribution >= 0.6 is 34.5 Å². The zero-order chi connectivity index (χ0) is 18.1. The fourth-order valence-corrected chi connectivity index (χ4v) is 3.79. The van der Waals surface area contributed by atoms with Crippen LogP contribution in [-0.2, 0) is 0 Å². The average Bonchev–Trinajstić information content (AvgIpc) is 3.35. The van der Waals surface area contributed by atoms with Crippen LogP contribution in [0.5, 0.6) is 0 Å². The Bertz CT molecular complexity index is 1070. The van der Waals surface area contributed by atoms with Crippen molar-refractivity contribution in [1.29, 1.82) is 0 Å². The van der Waals surface area contributed by atoms with Gasteiger partial charge in [0.25, 0.3) is 5.91 Å². The highest BCUT2D eigenvalue weighted by Gasteiger charge is 2.16. The fourth-order valence-electron chi connectivity index (χ4n) is 2.22. The predicted molar refractivity (Wildman–Crippen MR) is 103 cm³/mol. The maximum absolute atomic E-state index is 12.3. The molecule has 0 saturated carbocycles. The molecule has 0 fully saturated rings. The van der Waals surface area contributed by atoms with Crippen molar-refractivity contribution in [3.63, 3.8) is 0 Å². The smallest absolute Gasteiger partial charge is 0.279 e. The molecule has 0 aliphatic rings. The van der Waals surface area contributed by atoms with Gasteiger partial charge < -0.3 is 4.52 Å². The number of benzene rings is 1. The number of rotatable bonds is 4. The van der Waals surface area contributed by atoms with Crippen molar-refractivity contribution in [2.24, 2.45) is 0 Å². The molecule has 3 aromatic heterocycles. The maximum Gasteiger partial charge on any atom is 0.279 e. The second kappa shape index (κ2) is 6.99. The summed E-state index contributed by atoms with van der Waals surface area (Å²) in [6.45, 7) is 2.02. The molecule has 0 saturated heterocycles. The minimum atomic E-state index is -0.404. The monoisotopic (exact) mass is 402 g/mol. The molecule has 1 aromatic carbocycles. The summed E-state index contributed by atoms with van der Waals surface area (Å²) in [6, 6.07) is 12.6. The number of carbonyl (C=O) groups is 1. The third-order valence-corrected chi connectivity index (χ3v) is 5.36. The lowest BCUT2D eigenvalue weighted by atomic mass is 10.1. The molecule has 0 bridgehead atoms. The minimum absolute atomic E-state index is 0.165. The number of anilines is 1. The van der Waals surface area contributed by atoms with Crippen LogP contribution in [0.15, 0.2) is 47.0 Å². The normalized spacial score (nSPS) is 10.8. The first-order valence-electron chi connectivity index (χ1n) is 7.53. The van der Waals surface area contributed by atoms with Gasteiger partial charge in [-0.1, -0.05) is 16.8 Å². The SMILES string of the molecule is Cc1ccc(-c2nsc(NC(=O)c3cc(-c4ccc(Cl)cc4)on3)n2)s1. The third kappa shape index (κ3) is 3.52. The molecule has 3 heterocycles. The van der Waals surface area contributed by atoms with Gasteiger partial charge in [0.1, 0.15) is 0 Å². The Labute approximate surface area is 161 Å². The quantitative estimate of drug-likeness (QED) is 0.511. The molecule has 9 heteroatoms. The van der Waals surface area contributed by atoms with Crippen LogP contribution in [-0.4, -0.2) is 20.4 Å². The number of hydrogen-bond acceptors (Lipinski definition) is 7. The van der Waals surface area contributed by atoms with Crippen LogP contribution in [0.4, 0.5) is 5.13 Å². The van der Waals surface area contributed by atoms with Crippen molar-refractivity contribution in [3.8, 4) is 22.0 Å². The fraction of sp³-hybridized carbons (Fsp3) is 0.0588. The highest BCUT2D eigenvalue weighted by atomic mass is 35.5. The number of aromatic nitrogens is 3. The van der Waals surface area contributed by atoms with Crippen molar-refractivity contribution < 1.29 is 9.32 Å². The molecule has 4 aromatic rings. The van der Waals surface area contributed by atoms with E-state index >= 15 is 0 Å². The van der Waals surface area contributed by atoms with Gasteiger partial charge in [0.15, 0.2) is 17.3 Å². The molecule has 0 aliphatic heterocycles. The van der Waals surface area contributed by atoms with Crippen molar-refractivity contribution in [1.82, 2.24) is 14.5 Å². The number of hydrogen-bond donors (Lipinski definition) is 1. The van der Waals surface area contributed by atoms with Gasteiger partial charge in [-0.15, -0.1) is 11.3 Å². The van der Waals surface area contributed by atoms with Gasteiger partial charge >= 0.3 is 0 Å². The summed E-state index contributed by atoms with van der Waals surface area (Å²) < 4.78 is 9.52. The molecule has 0 aliphatic carbocycles. The Balaban J connectivity index is 1.49. The zero-order valence-corrected chi connectivity index (χ0v) is 15.8. The molecule has 0 spiro atoms. The molecule has 4 rings (SSSR count). The number of nitrogens with one attached hydrogen (secondary N) is 1. The number of carbonyl (C=O) groups excluding carboxylic acids is 1. The summed E-state index contributed by atoms with van der Waals surface area (Å²) in [5.41, 5.74) is 0.950. The first kappa shape index (κ1) is 16.9. The zero-order valence-electron chi connectivity index (χ0n) is 13.4. The summed E-state index contributed by atoms with van der Waals surface area (Å²) in [7, 11) is 0. The highest BCUT2D eigenvalue weighted by Crippen LogP contribution is 2.28. The van der Waals surface area contributed by atoms with Crippen LogP contribution in [0.2, 0.25) is 5.02 Å². The second-order valence-corrected chi connectivity index (χ2v) is 7.85. The first-order chi connectivity index (χ1) is 12.6. The molecular formula is C17H11ClN4O2S2.